The van der Waals surface area contributed by atoms with Gasteiger partial charge >= 0.3 is 0 Å². The van der Waals surface area contributed by atoms with Crippen LogP contribution in [0, 0.1) is 6.92 Å². The van der Waals surface area contributed by atoms with E-state index in [0.717, 1.165) is 30.9 Å². The Kier molecular flexibility index (Phi) is 13.7. The lowest BCUT2D eigenvalue weighted by atomic mass is 10.1. The molecule has 0 atom stereocenters. The molecule has 0 bridgehead atoms. The number of nitrogens with zero attached hydrogens (tertiary/aromatic N) is 1. The summed E-state index contributed by atoms with van der Waals surface area (Å²) in [7, 11) is 0. The molecule has 0 aromatic heterocycles. The Labute approximate surface area is 163 Å². The SMILES string of the molecule is CCCCCOc1cc(C)ccc1CN=C(NCC)NCCO.I. The molecule has 0 unspecified atom stereocenters. The van der Waals surface area contributed by atoms with E-state index in [2.05, 4.69) is 47.7 Å². The van der Waals surface area contributed by atoms with Crippen LogP contribution in [0.1, 0.15) is 44.2 Å². The summed E-state index contributed by atoms with van der Waals surface area (Å²) in [6.45, 7) is 8.92. The number of benzene rings is 1. The van der Waals surface area contributed by atoms with Gasteiger partial charge in [-0.15, -0.1) is 24.0 Å². The van der Waals surface area contributed by atoms with Crippen LogP contribution in [0.4, 0.5) is 0 Å². The first-order chi connectivity index (χ1) is 11.2. The van der Waals surface area contributed by atoms with Crippen LogP contribution in [0.25, 0.3) is 0 Å². The third-order valence-electron chi connectivity index (χ3n) is 3.38. The maximum absolute atomic E-state index is 8.92. The van der Waals surface area contributed by atoms with E-state index in [1.165, 1.54) is 18.4 Å². The molecule has 0 radical (unpaired) electrons. The maximum Gasteiger partial charge on any atom is 0.191 e. The molecule has 24 heavy (non-hydrogen) atoms. The molecule has 5 nitrogen and oxygen atoms in total. The number of hydrogen-bond acceptors (Lipinski definition) is 3. The number of aryl methyl sites for hydroxylation is 1. The summed E-state index contributed by atoms with van der Waals surface area (Å²) in [5.41, 5.74) is 2.27. The average molecular weight is 449 g/mol. The monoisotopic (exact) mass is 449 g/mol. The molecule has 0 spiro atoms. The molecule has 0 saturated carbocycles. The van der Waals surface area contributed by atoms with Gasteiger partial charge in [0.1, 0.15) is 5.75 Å². The second-order valence-electron chi connectivity index (χ2n) is 5.51. The van der Waals surface area contributed by atoms with Gasteiger partial charge in [0.2, 0.25) is 0 Å². The quantitative estimate of drug-likeness (QED) is 0.222. The predicted octanol–water partition coefficient (Wildman–Crippen LogP) is 3.23. The van der Waals surface area contributed by atoms with E-state index in [4.69, 9.17) is 9.84 Å². The fourth-order valence-electron chi connectivity index (χ4n) is 2.14. The summed E-state index contributed by atoms with van der Waals surface area (Å²) < 4.78 is 5.94. The second-order valence-corrected chi connectivity index (χ2v) is 5.51. The number of halogens is 1. The van der Waals surface area contributed by atoms with E-state index in [1.807, 2.05) is 6.92 Å². The van der Waals surface area contributed by atoms with Gasteiger partial charge in [0, 0.05) is 18.7 Å². The summed E-state index contributed by atoms with van der Waals surface area (Å²) in [5, 5.41) is 15.2. The first-order valence-electron chi connectivity index (χ1n) is 8.56. The van der Waals surface area contributed by atoms with Crippen molar-refractivity contribution in [3.8, 4) is 5.75 Å². The van der Waals surface area contributed by atoms with Crippen LogP contribution in [-0.4, -0.2) is 37.4 Å². The normalized spacial score (nSPS) is 10.9. The van der Waals surface area contributed by atoms with Crippen molar-refractivity contribution in [1.29, 1.82) is 0 Å². The molecular formula is C18H32IN3O2. The van der Waals surface area contributed by atoms with Crippen LogP contribution in [0.15, 0.2) is 23.2 Å². The van der Waals surface area contributed by atoms with Crippen molar-refractivity contribution in [2.45, 2.75) is 46.6 Å². The number of unbranched alkanes of at least 4 members (excludes halogenated alkanes) is 2. The summed E-state index contributed by atoms with van der Waals surface area (Å²) in [6, 6.07) is 6.23. The highest BCUT2D eigenvalue weighted by Gasteiger charge is 2.05. The first kappa shape index (κ1) is 23.0. The van der Waals surface area contributed by atoms with Crippen LogP contribution in [0.3, 0.4) is 0 Å². The van der Waals surface area contributed by atoms with Crippen LogP contribution < -0.4 is 15.4 Å². The number of rotatable bonds is 10. The number of aliphatic hydroxyl groups excluding tert-OH is 1. The van der Waals surface area contributed by atoms with E-state index in [9.17, 15) is 0 Å². The minimum atomic E-state index is 0. The van der Waals surface area contributed by atoms with E-state index < -0.39 is 0 Å². The molecular weight excluding hydrogens is 417 g/mol. The molecule has 6 heteroatoms. The summed E-state index contributed by atoms with van der Waals surface area (Å²) in [6.07, 6.45) is 3.46. The maximum atomic E-state index is 8.92. The van der Waals surface area contributed by atoms with E-state index in [0.29, 0.717) is 19.0 Å². The van der Waals surface area contributed by atoms with Crippen molar-refractivity contribution < 1.29 is 9.84 Å². The molecule has 1 aromatic carbocycles. The van der Waals surface area contributed by atoms with Gasteiger partial charge in [-0.05, 0) is 31.9 Å². The summed E-state index contributed by atoms with van der Waals surface area (Å²) in [4.78, 5) is 4.56. The van der Waals surface area contributed by atoms with Crippen LogP contribution in [0.2, 0.25) is 0 Å². The van der Waals surface area contributed by atoms with Crippen molar-refractivity contribution in [3.05, 3.63) is 29.3 Å². The van der Waals surface area contributed by atoms with Crippen LogP contribution in [0.5, 0.6) is 5.75 Å². The molecule has 0 aliphatic carbocycles. The fourth-order valence-corrected chi connectivity index (χ4v) is 2.14. The highest BCUT2D eigenvalue weighted by molar-refractivity contribution is 14.0. The molecule has 1 aromatic rings. The number of guanidine groups is 1. The zero-order valence-corrected chi connectivity index (χ0v) is 17.4. The van der Waals surface area contributed by atoms with Gasteiger partial charge in [0.25, 0.3) is 0 Å². The standard InChI is InChI=1S/C18H31N3O2.HI/c1-4-6-7-12-23-17-13-15(3)8-9-16(17)14-21-18(19-5-2)20-10-11-22;/h8-9,13,22H,4-7,10-12,14H2,1-3H3,(H2,19,20,21);1H. The molecule has 0 fully saturated rings. The lowest BCUT2D eigenvalue weighted by Crippen LogP contribution is -2.38. The first-order valence-corrected chi connectivity index (χ1v) is 8.56. The van der Waals surface area contributed by atoms with Gasteiger partial charge < -0.3 is 20.5 Å². The highest BCUT2D eigenvalue weighted by Crippen LogP contribution is 2.21. The number of nitrogens with one attached hydrogen (secondary N) is 2. The third-order valence-corrected chi connectivity index (χ3v) is 3.38. The number of aliphatic hydroxyl groups is 1. The van der Waals surface area contributed by atoms with Crippen molar-refractivity contribution in [2.75, 3.05) is 26.3 Å². The molecule has 1 rings (SSSR count). The van der Waals surface area contributed by atoms with E-state index in [-0.39, 0.29) is 30.6 Å². The van der Waals surface area contributed by atoms with Gasteiger partial charge in [-0.3, -0.25) is 0 Å². The second kappa shape index (κ2) is 14.3. The minimum Gasteiger partial charge on any atom is -0.493 e. The molecule has 0 heterocycles. The van der Waals surface area contributed by atoms with E-state index >= 15 is 0 Å². The molecule has 0 amide bonds. The molecule has 3 N–H and O–H groups in total. The predicted molar refractivity (Wildman–Crippen MR) is 112 cm³/mol. The lowest BCUT2D eigenvalue weighted by molar-refractivity contribution is 0.299. The fraction of sp³-hybridized carbons (Fsp3) is 0.611. The van der Waals surface area contributed by atoms with Gasteiger partial charge in [0.05, 0.1) is 19.8 Å². The van der Waals surface area contributed by atoms with Crippen LogP contribution >= 0.6 is 24.0 Å². The largest absolute Gasteiger partial charge is 0.493 e. The smallest absolute Gasteiger partial charge is 0.191 e. The average Bonchev–Trinajstić information content (AvgIpc) is 2.55. The minimum absolute atomic E-state index is 0. The third kappa shape index (κ3) is 9.32. The van der Waals surface area contributed by atoms with E-state index in [1.54, 1.807) is 0 Å². The Morgan fingerprint density at radius 2 is 2.00 bits per heavy atom. The Balaban J connectivity index is 0.00000529. The van der Waals surface area contributed by atoms with Crippen LogP contribution in [-0.2, 0) is 6.54 Å². The highest BCUT2D eigenvalue weighted by atomic mass is 127. The summed E-state index contributed by atoms with van der Waals surface area (Å²) in [5.74, 6) is 1.63. The molecule has 0 aliphatic rings. The Hall–Kier alpha value is -1.02. The lowest BCUT2D eigenvalue weighted by Gasteiger charge is -2.13. The van der Waals surface area contributed by atoms with Crippen molar-refractivity contribution in [3.63, 3.8) is 0 Å². The number of hydrogen-bond donors (Lipinski definition) is 3. The van der Waals surface area contributed by atoms with Crippen molar-refractivity contribution >= 4 is 29.9 Å². The zero-order chi connectivity index (χ0) is 16.9. The number of ether oxygens (including phenoxy) is 1. The van der Waals surface area contributed by atoms with Gasteiger partial charge in [-0.2, -0.15) is 0 Å². The number of aliphatic imine (C=N–C) groups is 1. The Morgan fingerprint density at radius 3 is 2.67 bits per heavy atom. The van der Waals surface area contributed by atoms with Crippen molar-refractivity contribution in [2.24, 2.45) is 4.99 Å². The van der Waals surface area contributed by atoms with Gasteiger partial charge in [0.15, 0.2) is 5.96 Å². The zero-order valence-electron chi connectivity index (χ0n) is 15.1. The van der Waals surface area contributed by atoms with Gasteiger partial charge in [-0.25, -0.2) is 4.99 Å². The van der Waals surface area contributed by atoms with Gasteiger partial charge in [-0.1, -0.05) is 31.9 Å². The molecule has 138 valence electrons. The van der Waals surface area contributed by atoms with Crippen molar-refractivity contribution in [1.82, 2.24) is 10.6 Å². The Morgan fingerprint density at radius 1 is 1.21 bits per heavy atom. The topological polar surface area (TPSA) is 65.9 Å². The summed E-state index contributed by atoms with van der Waals surface area (Å²) >= 11 is 0. The molecule has 0 saturated heterocycles. The molecule has 0 aliphatic heterocycles. The Bertz CT molecular complexity index is 481.